The molecule has 1 aromatic carbocycles. The van der Waals surface area contributed by atoms with Crippen molar-refractivity contribution in [3.63, 3.8) is 0 Å². The lowest BCUT2D eigenvalue weighted by molar-refractivity contribution is 0.458. The molecule has 5 heteroatoms. The Labute approximate surface area is 115 Å². The third kappa shape index (κ3) is 2.98. The lowest BCUT2D eigenvalue weighted by Gasteiger charge is -2.12. The maximum atomic E-state index is 5.76. The number of hydrogen-bond acceptors (Lipinski definition) is 4. The van der Waals surface area contributed by atoms with Gasteiger partial charge in [-0.2, -0.15) is 4.98 Å². The summed E-state index contributed by atoms with van der Waals surface area (Å²) in [6.45, 7) is 1.99. The Morgan fingerprint density at radius 3 is 2.67 bits per heavy atom. The summed E-state index contributed by atoms with van der Waals surface area (Å²) in [7, 11) is 3.79. The van der Waals surface area contributed by atoms with Gasteiger partial charge in [0.2, 0.25) is 11.8 Å². The monoisotopic (exact) mass is 307 g/mol. The average molecular weight is 308 g/mol. The van der Waals surface area contributed by atoms with Gasteiger partial charge < -0.3 is 9.64 Å². The van der Waals surface area contributed by atoms with Crippen molar-refractivity contribution in [3.8, 4) is 11.6 Å². The van der Waals surface area contributed by atoms with Crippen LogP contribution in [0.5, 0.6) is 11.6 Å². The highest BCUT2D eigenvalue weighted by molar-refractivity contribution is 9.10. The molecule has 0 N–H and O–H groups in total. The Balaban J connectivity index is 2.25. The van der Waals surface area contributed by atoms with Gasteiger partial charge in [0.15, 0.2) is 0 Å². The first-order chi connectivity index (χ1) is 8.56. The van der Waals surface area contributed by atoms with Gasteiger partial charge in [0, 0.05) is 30.8 Å². The lowest BCUT2D eigenvalue weighted by atomic mass is 10.2. The third-order valence-electron chi connectivity index (χ3n) is 2.37. The Hall–Kier alpha value is -1.62. The van der Waals surface area contributed by atoms with Gasteiger partial charge in [0.05, 0.1) is 0 Å². The van der Waals surface area contributed by atoms with E-state index in [2.05, 4.69) is 25.9 Å². The molecular weight excluding hydrogens is 294 g/mol. The van der Waals surface area contributed by atoms with E-state index in [1.165, 1.54) is 0 Å². The highest BCUT2D eigenvalue weighted by Gasteiger charge is 2.05. The number of benzene rings is 1. The summed E-state index contributed by atoms with van der Waals surface area (Å²) < 4.78 is 6.79. The highest BCUT2D eigenvalue weighted by atomic mass is 79.9. The standard InChI is InChI=1S/C13H14BrN3O/c1-9-8-10(14)4-5-11(9)18-12-6-7-15-13(16-12)17(2)3/h4-8H,1-3H3. The molecule has 0 atom stereocenters. The molecule has 2 rings (SSSR count). The molecule has 0 spiro atoms. The van der Waals surface area contributed by atoms with E-state index in [1.807, 2.05) is 44.1 Å². The highest BCUT2D eigenvalue weighted by Crippen LogP contribution is 2.26. The fraction of sp³-hybridized carbons (Fsp3) is 0.231. The van der Waals surface area contributed by atoms with Crippen molar-refractivity contribution in [2.75, 3.05) is 19.0 Å². The van der Waals surface area contributed by atoms with Crippen LogP contribution in [0.4, 0.5) is 5.95 Å². The average Bonchev–Trinajstić information content (AvgIpc) is 2.33. The molecule has 94 valence electrons. The van der Waals surface area contributed by atoms with Crippen LogP contribution >= 0.6 is 15.9 Å². The number of anilines is 1. The molecule has 1 aromatic heterocycles. The Kier molecular flexibility index (Phi) is 3.81. The van der Waals surface area contributed by atoms with Crippen molar-refractivity contribution in [1.29, 1.82) is 0 Å². The molecule has 0 saturated heterocycles. The van der Waals surface area contributed by atoms with Crippen molar-refractivity contribution in [1.82, 2.24) is 9.97 Å². The van der Waals surface area contributed by atoms with Crippen LogP contribution in [0.1, 0.15) is 5.56 Å². The molecule has 0 radical (unpaired) electrons. The molecule has 0 fully saturated rings. The van der Waals surface area contributed by atoms with Gasteiger partial charge in [-0.25, -0.2) is 4.98 Å². The zero-order chi connectivity index (χ0) is 13.1. The van der Waals surface area contributed by atoms with Crippen molar-refractivity contribution in [2.24, 2.45) is 0 Å². The van der Waals surface area contributed by atoms with E-state index in [-0.39, 0.29) is 0 Å². The summed E-state index contributed by atoms with van der Waals surface area (Å²) >= 11 is 3.42. The van der Waals surface area contributed by atoms with E-state index in [9.17, 15) is 0 Å². The maximum Gasteiger partial charge on any atom is 0.228 e. The normalized spacial score (nSPS) is 10.2. The summed E-state index contributed by atoms with van der Waals surface area (Å²) in [6, 6.07) is 7.60. The number of hydrogen-bond donors (Lipinski definition) is 0. The van der Waals surface area contributed by atoms with Gasteiger partial charge >= 0.3 is 0 Å². The van der Waals surface area contributed by atoms with Crippen LogP contribution in [-0.2, 0) is 0 Å². The predicted molar refractivity (Wildman–Crippen MR) is 75.3 cm³/mol. The van der Waals surface area contributed by atoms with Crippen molar-refractivity contribution in [2.45, 2.75) is 6.92 Å². The molecule has 0 aliphatic heterocycles. The summed E-state index contributed by atoms with van der Waals surface area (Å²) in [6.07, 6.45) is 1.69. The maximum absolute atomic E-state index is 5.76. The molecule has 0 aliphatic rings. The first-order valence-corrected chi connectivity index (χ1v) is 6.30. The Bertz CT molecular complexity index is 558. The fourth-order valence-electron chi connectivity index (χ4n) is 1.44. The largest absolute Gasteiger partial charge is 0.439 e. The van der Waals surface area contributed by atoms with Gasteiger partial charge in [0.25, 0.3) is 0 Å². The number of aromatic nitrogens is 2. The van der Waals surface area contributed by atoms with Crippen LogP contribution in [0.2, 0.25) is 0 Å². The second-order valence-corrected chi connectivity index (χ2v) is 5.02. The Morgan fingerprint density at radius 1 is 1.22 bits per heavy atom. The zero-order valence-electron chi connectivity index (χ0n) is 10.5. The van der Waals surface area contributed by atoms with Crippen LogP contribution < -0.4 is 9.64 Å². The first-order valence-electron chi connectivity index (χ1n) is 5.50. The predicted octanol–water partition coefficient (Wildman–Crippen LogP) is 3.41. The van der Waals surface area contributed by atoms with E-state index >= 15 is 0 Å². The number of halogens is 1. The van der Waals surface area contributed by atoms with E-state index in [0.717, 1.165) is 15.8 Å². The molecule has 0 unspecified atom stereocenters. The zero-order valence-corrected chi connectivity index (χ0v) is 12.1. The minimum Gasteiger partial charge on any atom is -0.439 e. The van der Waals surface area contributed by atoms with E-state index in [4.69, 9.17) is 4.74 Å². The van der Waals surface area contributed by atoms with Gasteiger partial charge in [-0.1, -0.05) is 15.9 Å². The molecule has 0 aliphatic carbocycles. The van der Waals surface area contributed by atoms with Crippen LogP contribution in [0, 0.1) is 6.92 Å². The number of aryl methyl sites for hydroxylation is 1. The molecule has 1 heterocycles. The minimum atomic E-state index is 0.541. The Morgan fingerprint density at radius 2 is 2.00 bits per heavy atom. The van der Waals surface area contributed by atoms with E-state index in [1.54, 1.807) is 12.3 Å². The van der Waals surface area contributed by atoms with Gasteiger partial charge in [-0.15, -0.1) is 0 Å². The van der Waals surface area contributed by atoms with Crippen molar-refractivity contribution in [3.05, 3.63) is 40.5 Å². The van der Waals surface area contributed by atoms with Crippen LogP contribution in [0.15, 0.2) is 34.9 Å². The lowest BCUT2D eigenvalue weighted by Crippen LogP contribution is -2.12. The van der Waals surface area contributed by atoms with Crippen LogP contribution in [0.3, 0.4) is 0 Å². The second-order valence-electron chi connectivity index (χ2n) is 4.10. The fourth-order valence-corrected chi connectivity index (χ4v) is 1.92. The smallest absolute Gasteiger partial charge is 0.228 e. The molecule has 0 bridgehead atoms. The second kappa shape index (κ2) is 5.35. The minimum absolute atomic E-state index is 0.541. The van der Waals surface area contributed by atoms with Crippen molar-refractivity contribution < 1.29 is 4.74 Å². The van der Waals surface area contributed by atoms with E-state index in [0.29, 0.717) is 11.8 Å². The van der Waals surface area contributed by atoms with Crippen LogP contribution in [-0.4, -0.2) is 24.1 Å². The third-order valence-corrected chi connectivity index (χ3v) is 2.86. The molecule has 18 heavy (non-hydrogen) atoms. The summed E-state index contributed by atoms with van der Waals surface area (Å²) in [5, 5.41) is 0. The van der Waals surface area contributed by atoms with Crippen LogP contribution in [0.25, 0.3) is 0 Å². The summed E-state index contributed by atoms with van der Waals surface area (Å²) in [5.74, 6) is 1.96. The number of nitrogens with zero attached hydrogens (tertiary/aromatic N) is 3. The number of rotatable bonds is 3. The summed E-state index contributed by atoms with van der Waals surface area (Å²) in [5.41, 5.74) is 1.05. The topological polar surface area (TPSA) is 38.2 Å². The SMILES string of the molecule is Cc1cc(Br)ccc1Oc1ccnc(N(C)C)n1. The number of ether oxygens (including phenoxy) is 1. The molecule has 0 amide bonds. The van der Waals surface area contributed by atoms with Gasteiger partial charge in [-0.3, -0.25) is 0 Å². The molecular formula is C13H14BrN3O. The van der Waals surface area contributed by atoms with Crippen molar-refractivity contribution >= 4 is 21.9 Å². The quantitative estimate of drug-likeness (QED) is 0.871. The molecule has 0 saturated carbocycles. The molecule has 4 nitrogen and oxygen atoms in total. The summed E-state index contributed by atoms with van der Waals surface area (Å²) in [4.78, 5) is 10.3. The first kappa shape index (κ1) is 12.8. The van der Waals surface area contributed by atoms with Gasteiger partial charge in [0.1, 0.15) is 5.75 Å². The van der Waals surface area contributed by atoms with E-state index < -0.39 is 0 Å². The molecule has 2 aromatic rings. The van der Waals surface area contributed by atoms with Gasteiger partial charge in [-0.05, 0) is 30.7 Å².